The van der Waals surface area contributed by atoms with Crippen LogP contribution in [0.15, 0.2) is 11.8 Å². The first-order valence-corrected chi connectivity index (χ1v) is 6.12. The van der Waals surface area contributed by atoms with Crippen LogP contribution in [0.5, 0.6) is 0 Å². The third kappa shape index (κ3) is 2.41. The molecule has 2 unspecified atom stereocenters. The largest absolute Gasteiger partial charge is 0.443 e. The van der Waals surface area contributed by atoms with Gasteiger partial charge >= 0.3 is 6.09 Å². The number of hydrogen-bond donors (Lipinski definition) is 0. The van der Waals surface area contributed by atoms with Crippen molar-refractivity contribution in [3.05, 3.63) is 11.8 Å². The van der Waals surface area contributed by atoms with E-state index < -0.39 is 11.7 Å². The summed E-state index contributed by atoms with van der Waals surface area (Å²) in [5.41, 5.74) is 0.183. The maximum absolute atomic E-state index is 12.1. The second-order valence-corrected chi connectivity index (χ2v) is 5.74. The van der Waals surface area contributed by atoms with Crippen molar-refractivity contribution in [1.82, 2.24) is 4.90 Å². The Morgan fingerprint density at radius 1 is 1.39 bits per heavy atom. The van der Waals surface area contributed by atoms with E-state index in [0.29, 0.717) is 13.2 Å². The van der Waals surface area contributed by atoms with Crippen LogP contribution in [-0.4, -0.2) is 41.6 Å². The first-order valence-electron chi connectivity index (χ1n) is 6.12. The van der Waals surface area contributed by atoms with Crippen molar-refractivity contribution in [3.8, 4) is 0 Å². The molecule has 5 heteroatoms. The van der Waals surface area contributed by atoms with Gasteiger partial charge in [-0.3, -0.25) is 9.69 Å². The molecule has 0 N–H and O–H groups in total. The van der Waals surface area contributed by atoms with Gasteiger partial charge in [0.15, 0.2) is 5.78 Å². The quantitative estimate of drug-likeness (QED) is 0.668. The van der Waals surface area contributed by atoms with E-state index in [1.165, 1.54) is 13.0 Å². The minimum absolute atomic E-state index is 0.0189. The third-order valence-corrected chi connectivity index (χ3v) is 2.98. The first-order chi connectivity index (χ1) is 8.29. The molecule has 100 valence electrons. The maximum atomic E-state index is 12.1. The van der Waals surface area contributed by atoms with Crippen molar-refractivity contribution >= 4 is 11.9 Å². The van der Waals surface area contributed by atoms with Gasteiger partial charge in [-0.2, -0.15) is 0 Å². The van der Waals surface area contributed by atoms with Gasteiger partial charge in [0.2, 0.25) is 0 Å². The van der Waals surface area contributed by atoms with Crippen LogP contribution in [0.1, 0.15) is 27.7 Å². The predicted octanol–water partition coefficient (Wildman–Crippen LogP) is 1.72. The molecule has 0 saturated carbocycles. The smallest absolute Gasteiger partial charge is 0.414 e. The summed E-state index contributed by atoms with van der Waals surface area (Å²) in [6.45, 7) is 8.02. The Balaban J connectivity index is 2.15. The molecule has 2 aliphatic heterocycles. The molecule has 2 heterocycles. The Kier molecular flexibility index (Phi) is 3.19. The average molecular weight is 253 g/mol. The van der Waals surface area contributed by atoms with Gasteiger partial charge in [0.1, 0.15) is 5.60 Å². The summed E-state index contributed by atoms with van der Waals surface area (Å²) >= 11 is 0. The number of fused-ring (bicyclic) bond motifs is 1. The zero-order valence-electron chi connectivity index (χ0n) is 11.2. The molecule has 0 aromatic rings. The van der Waals surface area contributed by atoms with Crippen LogP contribution < -0.4 is 0 Å². The van der Waals surface area contributed by atoms with Crippen molar-refractivity contribution in [3.63, 3.8) is 0 Å². The predicted molar refractivity (Wildman–Crippen MR) is 64.9 cm³/mol. The number of ether oxygens (including phenoxy) is 2. The van der Waals surface area contributed by atoms with Gasteiger partial charge < -0.3 is 9.47 Å². The van der Waals surface area contributed by atoms with Gasteiger partial charge in [-0.1, -0.05) is 0 Å². The molecule has 0 radical (unpaired) electrons. The van der Waals surface area contributed by atoms with E-state index in [1.807, 2.05) is 20.8 Å². The molecule has 0 aromatic carbocycles. The third-order valence-electron chi connectivity index (χ3n) is 2.98. The van der Waals surface area contributed by atoms with Crippen LogP contribution in [0.25, 0.3) is 0 Å². The Labute approximate surface area is 107 Å². The van der Waals surface area contributed by atoms with Crippen LogP contribution >= 0.6 is 0 Å². The number of ketones is 1. The van der Waals surface area contributed by atoms with E-state index in [1.54, 1.807) is 4.90 Å². The number of amides is 1. The van der Waals surface area contributed by atoms with Gasteiger partial charge in [0.05, 0.1) is 19.3 Å². The van der Waals surface area contributed by atoms with E-state index >= 15 is 0 Å². The van der Waals surface area contributed by atoms with E-state index in [9.17, 15) is 9.59 Å². The number of nitrogens with zero attached hydrogens (tertiary/aromatic N) is 1. The monoisotopic (exact) mass is 253 g/mol. The highest BCUT2D eigenvalue weighted by atomic mass is 16.6. The molecule has 2 atom stereocenters. The topological polar surface area (TPSA) is 55.8 Å². The lowest BCUT2D eigenvalue weighted by molar-refractivity contribution is -0.112. The molecule has 2 rings (SSSR count). The summed E-state index contributed by atoms with van der Waals surface area (Å²) in [6.07, 6.45) is 1.10. The summed E-state index contributed by atoms with van der Waals surface area (Å²) in [7, 11) is 0. The second-order valence-electron chi connectivity index (χ2n) is 5.74. The number of hydrogen-bond acceptors (Lipinski definition) is 4. The van der Waals surface area contributed by atoms with Crippen LogP contribution in [0, 0.1) is 5.92 Å². The zero-order chi connectivity index (χ0) is 13.5. The van der Waals surface area contributed by atoms with Gasteiger partial charge in [-0.05, 0) is 27.7 Å². The molecule has 0 aliphatic carbocycles. The van der Waals surface area contributed by atoms with Crippen LogP contribution in [0.4, 0.5) is 4.79 Å². The summed E-state index contributed by atoms with van der Waals surface area (Å²) in [6, 6.07) is 0.0189. The van der Waals surface area contributed by atoms with Gasteiger partial charge in [0.25, 0.3) is 0 Å². The molecule has 0 bridgehead atoms. The Bertz CT molecular complexity index is 408. The Morgan fingerprint density at radius 2 is 2.06 bits per heavy atom. The molecular weight excluding hydrogens is 234 g/mol. The lowest BCUT2D eigenvalue weighted by Crippen LogP contribution is -2.57. The fraction of sp³-hybridized carbons (Fsp3) is 0.692. The van der Waals surface area contributed by atoms with Crippen molar-refractivity contribution in [2.24, 2.45) is 5.92 Å². The lowest BCUT2D eigenvalue weighted by Gasteiger charge is -2.45. The van der Waals surface area contributed by atoms with E-state index in [2.05, 4.69) is 0 Å². The molecular formula is C13H19NO4. The van der Waals surface area contributed by atoms with E-state index in [-0.39, 0.29) is 17.7 Å². The van der Waals surface area contributed by atoms with Crippen molar-refractivity contribution in [2.75, 3.05) is 13.2 Å². The molecule has 1 amide bonds. The molecule has 2 aliphatic rings. The second kappa shape index (κ2) is 4.39. The van der Waals surface area contributed by atoms with Gasteiger partial charge in [0, 0.05) is 17.7 Å². The van der Waals surface area contributed by atoms with Crippen LogP contribution in [0.2, 0.25) is 0 Å². The maximum Gasteiger partial charge on any atom is 0.414 e. The number of likely N-dealkylation sites (tertiary alicyclic amines) is 1. The Hall–Kier alpha value is -1.36. The molecule has 2 fully saturated rings. The Morgan fingerprint density at radius 3 is 2.61 bits per heavy atom. The minimum Gasteiger partial charge on any atom is -0.443 e. The highest BCUT2D eigenvalue weighted by Crippen LogP contribution is 2.41. The summed E-state index contributed by atoms with van der Waals surface area (Å²) in [5.74, 6) is 0.0883. The van der Waals surface area contributed by atoms with Crippen LogP contribution in [-0.2, 0) is 14.3 Å². The first kappa shape index (κ1) is 13.1. The molecule has 2 saturated heterocycles. The van der Waals surface area contributed by atoms with Crippen molar-refractivity contribution < 1.29 is 19.1 Å². The van der Waals surface area contributed by atoms with E-state index in [4.69, 9.17) is 9.47 Å². The molecule has 0 spiro atoms. The highest BCUT2D eigenvalue weighted by Gasteiger charge is 2.51. The highest BCUT2D eigenvalue weighted by molar-refractivity contribution is 5.89. The van der Waals surface area contributed by atoms with Gasteiger partial charge in [-0.25, -0.2) is 4.79 Å². The molecule has 0 aromatic heterocycles. The number of carbonyl (C=O) groups excluding carboxylic acids is 2. The molecule has 18 heavy (non-hydrogen) atoms. The average Bonchev–Trinajstić information content (AvgIpc) is 2.55. The minimum atomic E-state index is -0.539. The fourth-order valence-corrected chi connectivity index (χ4v) is 2.30. The number of rotatable bonds is 1. The zero-order valence-corrected chi connectivity index (χ0v) is 11.2. The summed E-state index contributed by atoms with van der Waals surface area (Å²) in [5, 5.41) is 0. The van der Waals surface area contributed by atoms with Crippen molar-refractivity contribution in [2.45, 2.75) is 39.3 Å². The lowest BCUT2D eigenvalue weighted by atomic mass is 9.87. The van der Waals surface area contributed by atoms with E-state index in [0.717, 1.165) is 5.70 Å². The standard InChI is InChI=1S/C13H19NO4/c1-8(15)5-10-9-6-17-7-11(9)14(10)12(16)18-13(2,3)4/h5,9,11H,6-7H2,1-4H3/b10-5+. The fourth-order valence-electron chi connectivity index (χ4n) is 2.30. The number of allylic oxidation sites excluding steroid dienone is 1. The SMILES string of the molecule is CC(=O)/C=C1\C2COCC2N1C(=O)OC(C)(C)C. The molecule has 5 nitrogen and oxygen atoms in total. The van der Waals surface area contributed by atoms with Crippen molar-refractivity contribution in [1.29, 1.82) is 0 Å². The summed E-state index contributed by atoms with van der Waals surface area (Å²) in [4.78, 5) is 24.8. The number of carbonyl (C=O) groups is 2. The normalized spacial score (nSPS) is 28.9. The summed E-state index contributed by atoms with van der Waals surface area (Å²) < 4.78 is 10.7. The van der Waals surface area contributed by atoms with Gasteiger partial charge in [-0.15, -0.1) is 0 Å². The van der Waals surface area contributed by atoms with Crippen LogP contribution in [0.3, 0.4) is 0 Å².